The first kappa shape index (κ1) is 23.5. The maximum atomic E-state index is 13.0. The van der Waals surface area contributed by atoms with Crippen molar-refractivity contribution in [2.45, 2.75) is 58.7 Å². The average molecular weight is 407 g/mol. The summed E-state index contributed by atoms with van der Waals surface area (Å²) in [7, 11) is -3.53. The SMILES string of the molecule is CCCCCS(=O)(=O)CC(=O)NC(CC(C)C)c1cccc(C(F)(F)F)c1. The lowest BCUT2D eigenvalue weighted by atomic mass is 9.95. The van der Waals surface area contributed by atoms with E-state index in [0.29, 0.717) is 18.4 Å². The van der Waals surface area contributed by atoms with Gasteiger partial charge < -0.3 is 5.32 Å². The summed E-state index contributed by atoms with van der Waals surface area (Å²) in [5.74, 6) is -1.29. The Balaban J connectivity index is 2.91. The molecule has 8 heteroatoms. The normalized spacial score (nSPS) is 13.6. The van der Waals surface area contributed by atoms with Crippen molar-refractivity contribution in [1.29, 1.82) is 0 Å². The molecule has 1 rings (SSSR count). The monoisotopic (exact) mass is 407 g/mol. The third-order valence-electron chi connectivity index (χ3n) is 4.07. The van der Waals surface area contributed by atoms with Gasteiger partial charge in [0.1, 0.15) is 5.75 Å². The smallest absolute Gasteiger partial charge is 0.348 e. The molecule has 154 valence electrons. The molecule has 0 aliphatic carbocycles. The molecule has 1 atom stereocenters. The fraction of sp³-hybridized carbons (Fsp3) is 0.632. The zero-order valence-corrected chi connectivity index (χ0v) is 16.8. The van der Waals surface area contributed by atoms with Crippen LogP contribution in [0.15, 0.2) is 24.3 Å². The molecular weight excluding hydrogens is 379 g/mol. The van der Waals surface area contributed by atoms with Crippen LogP contribution in [-0.4, -0.2) is 25.8 Å². The molecule has 1 amide bonds. The van der Waals surface area contributed by atoms with Crippen molar-refractivity contribution in [3.8, 4) is 0 Å². The van der Waals surface area contributed by atoms with Gasteiger partial charge in [0.05, 0.1) is 17.4 Å². The maximum absolute atomic E-state index is 13.0. The summed E-state index contributed by atoms with van der Waals surface area (Å²) in [5, 5.41) is 2.60. The molecule has 27 heavy (non-hydrogen) atoms. The molecule has 0 aliphatic rings. The number of sulfone groups is 1. The van der Waals surface area contributed by atoms with Crippen molar-refractivity contribution >= 4 is 15.7 Å². The predicted octanol–water partition coefficient (Wildman–Crippen LogP) is 4.51. The standard InChI is InChI=1S/C19H28F3NO3S/c1-4-5-6-10-27(25,26)13-18(24)23-17(11-14(2)3)15-8-7-9-16(12-15)19(20,21)22/h7-9,12,14,17H,4-6,10-11,13H2,1-3H3,(H,23,24). The number of hydrogen-bond donors (Lipinski definition) is 1. The highest BCUT2D eigenvalue weighted by molar-refractivity contribution is 7.92. The number of carbonyl (C=O) groups is 1. The van der Waals surface area contributed by atoms with E-state index in [0.717, 1.165) is 25.0 Å². The minimum Gasteiger partial charge on any atom is -0.348 e. The van der Waals surface area contributed by atoms with Gasteiger partial charge in [0.25, 0.3) is 0 Å². The van der Waals surface area contributed by atoms with E-state index >= 15 is 0 Å². The Labute approximate surface area is 159 Å². The molecular formula is C19H28F3NO3S. The van der Waals surface area contributed by atoms with Crippen LogP contribution < -0.4 is 5.32 Å². The first-order valence-corrected chi connectivity index (χ1v) is 10.9. The lowest BCUT2D eigenvalue weighted by Crippen LogP contribution is -2.35. The second kappa shape index (κ2) is 10.1. The Bertz CT molecular complexity index is 715. The summed E-state index contributed by atoms with van der Waals surface area (Å²) in [4.78, 5) is 12.2. The molecule has 0 aromatic heterocycles. The summed E-state index contributed by atoms with van der Waals surface area (Å²) in [6, 6.07) is 4.10. The van der Waals surface area contributed by atoms with Crippen LogP contribution in [0.5, 0.6) is 0 Å². The minimum absolute atomic E-state index is 0.0628. The number of alkyl halides is 3. The number of benzene rings is 1. The van der Waals surface area contributed by atoms with E-state index in [-0.39, 0.29) is 11.7 Å². The highest BCUT2D eigenvalue weighted by atomic mass is 32.2. The van der Waals surface area contributed by atoms with E-state index in [1.165, 1.54) is 12.1 Å². The summed E-state index contributed by atoms with van der Waals surface area (Å²) in [6.07, 6.45) is -1.95. The Morgan fingerprint density at radius 3 is 2.41 bits per heavy atom. The van der Waals surface area contributed by atoms with Gasteiger partial charge >= 0.3 is 6.18 Å². The van der Waals surface area contributed by atoms with E-state index < -0.39 is 39.3 Å². The van der Waals surface area contributed by atoms with Gasteiger partial charge in [-0.3, -0.25) is 4.79 Å². The van der Waals surface area contributed by atoms with E-state index in [2.05, 4.69) is 5.32 Å². The summed E-state index contributed by atoms with van der Waals surface area (Å²) in [5.41, 5.74) is -0.481. The molecule has 0 bridgehead atoms. The highest BCUT2D eigenvalue weighted by Crippen LogP contribution is 2.32. The number of carbonyl (C=O) groups excluding carboxylic acids is 1. The number of rotatable bonds is 10. The second-order valence-electron chi connectivity index (χ2n) is 7.17. The van der Waals surface area contributed by atoms with E-state index in [1.807, 2.05) is 20.8 Å². The Morgan fingerprint density at radius 1 is 1.19 bits per heavy atom. The molecule has 0 heterocycles. The van der Waals surface area contributed by atoms with Crippen LogP contribution in [0.2, 0.25) is 0 Å². The van der Waals surface area contributed by atoms with Gasteiger partial charge in [-0.25, -0.2) is 8.42 Å². The van der Waals surface area contributed by atoms with Crippen molar-refractivity contribution in [2.75, 3.05) is 11.5 Å². The summed E-state index contributed by atoms with van der Waals surface area (Å²) >= 11 is 0. The van der Waals surface area contributed by atoms with Gasteiger partial charge in [-0.05, 0) is 36.5 Å². The van der Waals surface area contributed by atoms with Gasteiger partial charge in [-0.15, -0.1) is 0 Å². The predicted molar refractivity (Wildman–Crippen MR) is 100.0 cm³/mol. The van der Waals surface area contributed by atoms with Gasteiger partial charge in [0, 0.05) is 0 Å². The molecule has 1 unspecified atom stereocenters. The van der Waals surface area contributed by atoms with Crippen molar-refractivity contribution < 1.29 is 26.4 Å². The Kier molecular flexibility index (Phi) is 8.78. The molecule has 1 aromatic rings. The number of unbranched alkanes of at least 4 members (excludes halogenated alkanes) is 2. The molecule has 0 aliphatic heterocycles. The third kappa shape index (κ3) is 8.77. The van der Waals surface area contributed by atoms with E-state index in [4.69, 9.17) is 0 Å². The first-order chi connectivity index (χ1) is 12.4. The Morgan fingerprint density at radius 2 is 1.85 bits per heavy atom. The Hall–Kier alpha value is -1.57. The summed E-state index contributed by atoms with van der Waals surface area (Å²) in [6.45, 7) is 5.72. The van der Waals surface area contributed by atoms with Gasteiger partial charge in [-0.1, -0.05) is 45.7 Å². The fourth-order valence-corrected chi connectivity index (χ4v) is 4.03. The molecule has 1 aromatic carbocycles. The van der Waals surface area contributed by atoms with E-state index in [9.17, 15) is 26.4 Å². The lowest BCUT2D eigenvalue weighted by Gasteiger charge is -2.22. The minimum atomic E-state index is -4.48. The van der Waals surface area contributed by atoms with Crippen LogP contribution in [0.25, 0.3) is 0 Å². The molecule has 0 saturated heterocycles. The quantitative estimate of drug-likeness (QED) is 0.580. The maximum Gasteiger partial charge on any atom is 0.416 e. The van der Waals surface area contributed by atoms with Crippen LogP contribution in [0, 0.1) is 5.92 Å². The zero-order valence-electron chi connectivity index (χ0n) is 16.0. The molecule has 0 spiro atoms. The van der Waals surface area contributed by atoms with Crippen molar-refractivity contribution in [3.05, 3.63) is 35.4 Å². The highest BCUT2D eigenvalue weighted by Gasteiger charge is 2.31. The average Bonchev–Trinajstić information content (AvgIpc) is 2.52. The number of nitrogens with one attached hydrogen (secondary N) is 1. The van der Waals surface area contributed by atoms with Crippen LogP contribution in [-0.2, 0) is 20.8 Å². The van der Waals surface area contributed by atoms with Crippen LogP contribution in [0.3, 0.4) is 0 Å². The van der Waals surface area contributed by atoms with Crippen molar-refractivity contribution in [1.82, 2.24) is 5.32 Å². The van der Waals surface area contributed by atoms with Crippen LogP contribution in [0.1, 0.15) is 63.6 Å². The third-order valence-corrected chi connectivity index (χ3v) is 5.68. The van der Waals surface area contributed by atoms with E-state index in [1.54, 1.807) is 0 Å². The van der Waals surface area contributed by atoms with Crippen LogP contribution in [0.4, 0.5) is 13.2 Å². The topological polar surface area (TPSA) is 63.2 Å². The van der Waals surface area contributed by atoms with Gasteiger partial charge in [0.15, 0.2) is 9.84 Å². The van der Waals surface area contributed by atoms with Gasteiger partial charge in [-0.2, -0.15) is 13.2 Å². The molecule has 0 fully saturated rings. The molecule has 0 radical (unpaired) electrons. The van der Waals surface area contributed by atoms with Crippen molar-refractivity contribution in [3.63, 3.8) is 0 Å². The first-order valence-electron chi connectivity index (χ1n) is 9.11. The molecule has 0 saturated carbocycles. The van der Waals surface area contributed by atoms with Crippen molar-refractivity contribution in [2.24, 2.45) is 5.92 Å². The van der Waals surface area contributed by atoms with Gasteiger partial charge in [0.2, 0.25) is 5.91 Å². The number of amides is 1. The molecule has 1 N–H and O–H groups in total. The largest absolute Gasteiger partial charge is 0.416 e. The second-order valence-corrected chi connectivity index (χ2v) is 9.36. The van der Waals surface area contributed by atoms with Crippen LogP contribution >= 0.6 is 0 Å². The lowest BCUT2D eigenvalue weighted by molar-refractivity contribution is -0.137. The molecule has 4 nitrogen and oxygen atoms in total. The summed E-state index contributed by atoms with van der Waals surface area (Å²) < 4.78 is 62.9. The number of hydrogen-bond acceptors (Lipinski definition) is 3. The fourth-order valence-electron chi connectivity index (χ4n) is 2.76. The zero-order chi connectivity index (χ0) is 20.7. The number of halogens is 3.